The van der Waals surface area contributed by atoms with Crippen molar-refractivity contribution in [3.63, 3.8) is 0 Å². The molecule has 1 atom stereocenters. The van der Waals surface area contributed by atoms with Crippen molar-refractivity contribution in [2.75, 3.05) is 13.2 Å². The lowest BCUT2D eigenvalue weighted by Gasteiger charge is -2.14. The van der Waals surface area contributed by atoms with Crippen molar-refractivity contribution in [2.24, 2.45) is 5.92 Å². The van der Waals surface area contributed by atoms with E-state index in [9.17, 15) is 0 Å². The van der Waals surface area contributed by atoms with Crippen LogP contribution in [0, 0.1) is 5.92 Å². The van der Waals surface area contributed by atoms with Gasteiger partial charge in [0.1, 0.15) is 0 Å². The van der Waals surface area contributed by atoms with Crippen LogP contribution in [-0.4, -0.2) is 18.0 Å². The summed E-state index contributed by atoms with van der Waals surface area (Å²) in [5.74, 6) is 2.42. The summed E-state index contributed by atoms with van der Waals surface area (Å²) >= 11 is 3.72. The summed E-state index contributed by atoms with van der Waals surface area (Å²) in [6.45, 7) is 7.90. The molecule has 0 saturated heterocycles. The number of rotatable bonds is 9. The van der Waals surface area contributed by atoms with Gasteiger partial charge in [-0.3, -0.25) is 0 Å². The van der Waals surface area contributed by atoms with E-state index in [1.54, 1.807) is 0 Å². The maximum atomic E-state index is 5.80. The van der Waals surface area contributed by atoms with Gasteiger partial charge in [0.15, 0.2) is 11.5 Å². The molecule has 0 spiro atoms. The van der Waals surface area contributed by atoms with Crippen molar-refractivity contribution in [2.45, 2.75) is 44.9 Å². The number of hydrogen-bond donors (Lipinski definition) is 0. The number of ether oxygens (including phenoxy) is 2. The summed E-state index contributed by atoms with van der Waals surface area (Å²) in [6, 6.07) is 7.86. The van der Waals surface area contributed by atoms with Gasteiger partial charge in [-0.05, 0) is 44.2 Å². The van der Waals surface area contributed by atoms with Gasteiger partial charge >= 0.3 is 0 Å². The molecule has 1 aromatic carbocycles. The molecule has 19 heavy (non-hydrogen) atoms. The molecular formula is C16H25BrO2. The van der Waals surface area contributed by atoms with E-state index in [1.165, 1.54) is 6.42 Å². The third-order valence-corrected chi connectivity index (χ3v) is 3.63. The summed E-state index contributed by atoms with van der Waals surface area (Å²) in [5.41, 5.74) is 0. The molecule has 0 aliphatic rings. The highest BCUT2D eigenvalue weighted by atomic mass is 79.9. The lowest BCUT2D eigenvalue weighted by molar-refractivity contribution is 0.270. The van der Waals surface area contributed by atoms with Crippen molar-refractivity contribution >= 4 is 15.9 Å². The van der Waals surface area contributed by atoms with E-state index < -0.39 is 0 Å². The molecule has 1 rings (SSSR count). The smallest absolute Gasteiger partial charge is 0.161 e. The topological polar surface area (TPSA) is 18.5 Å². The number of alkyl halides is 1. The predicted octanol–water partition coefficient (Wildman–Crippen LogP) is 5.05. The molecule has 0 aromatic heterocycles. The number of para-hydroxylation sites is 2. The molecule has 1 unspecified atom stereocenters. The van der Waals surface area contributed by atoms with Crippen molar-refractivity contribution in [1.29, 1.82) is 0 Å². The quantitative estimate of drug-likeness (QED) is 0.466. The Bertz CT molecular complexity index is 352. The Morgan fingerprint density at radius 2 is 1.74 bits per heavy atom. The van der Waals surface area contributed by atoms with Crippen molar-refractivity contribution in [3.8, 4) is 11.5 Å². The van der Waals surface area contributed by atoms with Crippen LogP contribution < -0.4 is 9.47 Å². The first-order valence-electron chi connectivity index (χ1n) is 7.12. The fraction of sp³-hybridized carbons (Fsp3) is 0.625. The van der Waals surface area contributed by atoms with E-state index in [4.69, 9.17) is 9.47 Å². The first-order chi connectivity index (χ1) is 9.13. The highest BCUT2D eigenvalue weighted by Gasteiger charge is 2.07. The first-order valence-corrected chi connectivity index (χ1v) is 8.03. The van der Waals surface area contributed by atoms with E-state index in [-0.39, 0.29) is 0 Å². The van der Waals surface area contributed by atoms with Crippen LogP contribution in [0.1, 0.15) is 40.0 Å². The van der Waals surface area contributed by atoms with Crippen LogP contribution in [0.15, 0.2) is 24.3 Å². The zero-order valence-electron chi connectivity index (χ0n) is 12.2. The molecule has 0 N–H and O–H groups in total. The second-order valence-corrected chi connectivity index (χ2v) is 6.39. The Morgan fingerprint density at radius 3 is 2.32 bits per heavy atom. The molecule has 3 heteroatoms. The average Bonchev–Trinajstić information content (AvgIpc) is 2.36. The Balaban J connectivity index is 2.29. The molecule has 108 valence electrons. The standard InChI is InChI=1S/C16H25BrO2/c1-4-18-15-9-5-6-10-16(15)19-11-7-8-14(17)12-13(2)3/h5-6,9-10,13-14H,4,7-8,11-12H2,1-3H3. The van der Waals surface area contributed by atoms with Crippen molar-refractivity contribution < 1.29 is 9.47 Å². The van der Waals surface area contributed by atoms with Gasteiger partial charge in [0, 0.05) is 4.83 Å². The van der Waals surface area contributed by atoms with Crippen LogP contribution in [0.25, 0.3) is 0 Å². The van der Waals surface area contributed by atoms with Crippen molar-refractivity contribution in [3.05, 3.63) is 24.3 Å². The monoisotopic (exact) mass is 328 g/mol. The maximum Gasteiger partial charge on any atom is 0.161 e. The van der Waals surface area contributed by atoms with Crippen LogP contribution in [0.4, 0.5) is 0 Å². The van der Waals surface area contributed by atoms with Gasteiger partial charge in [-0.2, -0.15) is 0 Å². The lowest BCUT2D eigenvalue weighted by Crippen LogP contribution is -2.06. The van der Waals surface area contributed by atoms with Gasteiger partial charge < -0.3 is 9.47 Å². The summed E-state index contributed by atoms with van der Waals surface area (Å²) in [5, 5.41) is 0. The summed E-state index contributed by atoms with van der Waals surface area (Å²) < 4.78 is 11.3. The minimum atomic E-state index is 0.596. The molecule has 0 radical (unpaired) electrons. The fourth-order valence-electron chi connectivity index (χ4n) is 1.96. The minimum Gasteiger partial charge on any atom is -0.490 e. The van der Waals surface area contributed by atoms with E-state index in [2.05, 4.69) is 29.8 Å². The summed E-state index contributed by atoms with van der Waals surface area (Å²) in [4.78, 5) is 0.596. The molecule has 0 aliphatic heterocycles. The second kappa shape index (κ2) is 9.24. The van der Waals surface area contributed by atoms with E-state index >= 15 is 0 Å². The van der Waals surface area contributed by atoms with Gasteiger partial charge in [-0.1, -0.05) is 41.9 Å². The molecule has 1 aromatic rings. The Kier molecular flexibility index (Phi) is 7.96. The zero-order chi connectivity index (χ0) is 14.1. The van der Waals surface area contributed by atoms with E-state index in [0.717, 1.165) is 36.9 Å². The highest BCUT2D eigenvalue weighted by molar-refractivity contribution is 9.09. The SMILES string of the molecule is CCOc1ccccc1OCCCC(Br)CC(C)C. The predicted molar refractivity (Wildman–Crippen MR) is 84.5 cm³/mol. The van der Waals surface area contributed by atoms with Gasteiger partial charge in [0.25, 0.3) is 0 Å². The maximum absolute atomic E-state index is 5.80. The molecule has 0 saturated carbocycles. The van der Waals surface area contributed by atoms with Gasteiger partial charge in [0.05, 0.1) is 13.2 Å². The van der Waals surface area contributed by atoms with Crippen LogP contribution in [0.3, 0.4) is 0 Å². The van der Waals surface area contributed by atoms with Crippen LogP contribution in [-0.2, 0) is 0 Å². The minimum absolute atomic E-state index is 0.596. The molecule has 0 fully saturated rings. The average molecular weight is 329 g/mol. The normalized spacial score (nSPS) is 12.5. The second-order valence-electron chi connectivity index (χ2n) is 5.10. The number of hydrogen-bond acceptors (Lipinski definition) is 2. The van der Waals surface area contributed by atoms with Gasteiger partial charge in [-0.25, -0.2) is 0 Å². The Labute approximate surface area is 125 Å². The molecule has 0 amide bonds. The summed E-state index contributed by atoms with van der Waals surface area (Å²) in [6.07, 6.45) is 3.42. The highest BCUT2D eigenvalue weighted by Crippen LogP contribution is 2.26. The molecule has 0 bridgehead atoms. The fourth-order valence-corrected chi connectivity index (χ4v) is 3.03. The molecule has 0 aliphatic carbocycles. The van der Waals surface area contributed by atoms with E-state index in [0.29, 0.717) is 11.4 Å². The lowest BCUT2D eigenvalue weighted by atomic mass is 10.1. The number of benzene rings is 1. The van der Waals surface area contributed by atoms with Crippen LogP contribution in [0.5, 0.6) is 11.5 Å². The van der Waals surface area contributed by atoms with E-state index in [1.807, 2.05) is 31.2 Å². The molecular weight excluding hydrogens is 304 g/mol. The van der Waals surface area contributed by atoms with Crippen LogP contribution >= 0.6 is 15.9 Å². The molecule has 2 nitrogen and oxygen atoms in total. The summed E-state index contributed by atoms with van der Waals surface area (Å²) in [7, 11) is 0. The van der Waals surface area contributed by atoms with Gasteiger partial charge in [-0.15, -0.1) is 0 Å². The third-order valence-electron chi connectivity index (χ3n) is 2.80. The Hall–Kier alpha value is -0.700. The first kappa shape index (κ1) is 16.4. The third kappa shape index (κ3) is 6.86. The van der Waals surface area contributed by atoms with Crippen molar-refractivity contribution in [1.82, 2.24) is 0 Å². The Morgan fingerprint density at radius 1 is 1.11 bits per heavy atom. The molecule has 0 heterocycles. The number of halogens is 1. The zero-order valence-corrected chi connectivity index (χ0v) is 13.8. The van der Waals surface area contributed by atoms with Gasteiger partial charge in [0.2, 0.25) is 0 Å². The largest absolute Gasteiger partial charge is 0.490 e. The van der Waals surface area contributed by atoms with Crippen LogP contribution in [0.2, 0.25) is 0 Å².